The summed E-state index contributed by atoms with van der Waals surface area (Å²) in [5, 5.41) is 34.1. The SMILES string of the molecule is Cc1cc2nc3c(=O)[nH]c(=O)nc-3n(CC(O)C(O)C(O)COC(=O)CCC(=O)NCCCN)c2cc1C. The molecular formula is C24H32N6O8. The van der Waals surface area contributed by atoms with E-state index >= 15 is 0 Å². The number of ether oxygens (including phenoxy) is 1. The Morgan fingerprint density at radius 1 is 1.11 bits per heavy atom. The number of hydrogen-bond donors (Lipinski definition) is 6. The van der Waals surface area contributed by atoms with Crippen LogP contribution in [0.4, 0.5) is 0 Å². The van der Waals surface area contributed by atoms with Gasteiger partial charge in [-0.25, -0.2) is 9.78 Å². The number of esters is 1. The standard InChI is InChI=1S/C24H32N6O8/c1-12-8-14-15(9-13(12)2)30(22-20(27-14)23(36)29-24(37)28-22)10-16(31)21(35)17(32)11-38-19(34)5-4-18(33)26-7-3-6-25/h8-9,16-17,21,31-32,35H,3-7,10-11,25H2,1-2H3,(H,26,33)(H,29,36,37). The number of hydrogen-bond acceptors (Lipinski definition) is 11. The van der Waals surface area contributed by atoms with Gasteiger partial charge >= 0.3 is 11.7 Å². The van der Waals surface area contributed by atoms with Gasteiger partial charge in [-0.3, -0.25) is 19.4 Å². The maximum atomic E-state index is 12.4. The van der Waals surface area contributed by atoms with Gasteiger partial charge < -0.3 is 35.7 Å². The highest BCUT2D eigenvalue weighted by molar-refractivity contribution is 5.81. The molecule has 2 heterocycles. The molecular weight excluding hydrogens is 500 g/mol. The molecule has 2 aliphatic rings. The summed E-state index contributed by atoms with van der Waals surface area (Å²) in [7, 11) is 0. The highest BCUT2D eigenvalue weighted by Gasteiger charge is 2.29. The summed E-state index contributed by atoms with van der Waals surface area (Å²) in [6.45, 7) is 3.53. The van der Waals surface area contributed by atoms with Gasteiger partial charge in [0.25, 0.3) is 5.56 Å². The van der Waals surface area contributed by atoms with Gasteiger partial charge in [-0.15, -0.1) is 0 Å². The van der Waals surface area contributed by atoms with Crippen molar-refractivity contribution < 1.29 is 29.6 Å². The van der Waals surface area contributed by atoms with Crippen molar-refractivity contribution in [3.05, 3.63) is 44.1 Å². The van der Waals surface area contributed by atoms with Crippen LogP contribution in [0.1, 0.15) is 30.4 Å². The molecule has 3 atom stereocenters. The van der Waals surface area contributed by atoms with Crippen LogP contribution < -0.4 is 22.3 Å². The number of benzene rings is 1. The first-order valence-corrected chi connectivity index (χ1v) is 12.1. The highest BCUT2D eigenvalue weighted by atomic mass is 16.5. The number of aryl methyl sites for hydroxylation is 2. The van der Waals surface area contributed by atoms with Gasteiger partial charge in [-0.1, -0.05) is 0 Å². The molecule has 206 valence electrons. The van der Waals surface area contributed by atoms with Crippen molar-refractivity contribution in [3.8, 4) is 11.5 Å². The zero-order valence-electron chi connectivity index (χ0n) is 21.1. The number of amides is 1. The molecule has 0 spiro atoms. The number of aromatic nitrogens is 4. The van der Waals surface area contributed by atoms with Crippen molar-refractivity contribution >= 4 is 22.9 Å². The molecule has 1 amide bonds. The molecule has 0 bridgehead atoms. The largest absolute Gasteiger partial charge is 0.463 e. The number of carbonyl (C=O) groups is 2. The first-order valence-electron chi connectivity index (χ1n) is 12.1. The molecule has 38 heavy (non-hydrogen) atoms. The smallest absolute Gasteiger partial charge is 0.349 e. The van der Waals surface area contributed by atoms with E-state index in [2.05, 4.69) is 20.3 Å². The van der Waals surface area contributed by atoms with Crippen molar-refractivity contribution in [2.45, 2.75) is 58.0 Å². The van der Waals surface area contributed by atoms with E-state index in [1.54, 1.807) is 12.1 Å². The highest BCUT2D eigenvalue weighted by Crippen LogP contribution is 2.24. The second-order valence-corrected chi connectivity index (χ2v) is 8.99. The summed E-state index contributed by atoms with van der Waals surface area (Å²) in [6, 6.07) is 3.48. The number of nitrogens with two attached hydrogens (primary N) is 1. The fourth-order valence-electron chi connectivity index (χ4n) is 3.77. The van der Waals surface area contributed by atoms with Crippen LogP contribution in [0, 0.1) is 13.8 Å². The Balaban J connectivity index is 1.72. The Bertz CT molecular complexity index is 1390. The lowest BCUT2D eigenvalue weighted by Gasteiger charge is -2.25. The fraction of sp³-hybridized carbons (Fsp3) is 0.500. The molecule has 7 N–H and O–H groups in total. The van der Waals surface area contributed by atoms with Gasteiger partial charge in [-0.05, 0) is 50.1 Å². The number of carbonyl (C=O) groups excluding carboxylic acids is 2. The fourth-order valence-corrected chi connectivity index (χ4v) is 3.77. The predicted molar refractivity (Wildman–Crippen MR) is 135 cm³/mol. The van der Waals surface area contributed by atoms with Gasteiger partial charge in [-0.2, -0.15) is 4.98 Å². The molecule has 0 aliphatic carbocycles. The number of fused-ring (bicyclic) bond motifs is 2. The summed E-state index contributed by atoms with van der Waals surface area (Å²) in [4.78, 5) is 58.1. The molecule has 14 heteroatoms. The third-order valence-electron chi connectivity index (χ3n) is 6.06. The molecule has 0 saturated carbocycles. The number of nitrogens with zero attached hydrogens (tertiary/aromatic N) is 3. The van der Waals surface area contributed by atoms with Crippen LogP contribution in [0.25, 0.3) is 22.6 Å². The minimum atomic E-state index is -1.77. The van der Waals surface area contributed by atoms with E-state index in [1.165, 1.54) is 4.57 Å². The first kappa shape index (κ1) is 28.8. The number of aromatic amines is 1. The minimum absolute atomic E-state index is 0.105. The van der Waals surface area contributed by atoms with Crippen LogP contribution in [0.3, 0.4) is 0 Å². The zero-order chi connectivity index (χ0) is 28.0. The summed E-state index contributed by atoms with van der Waals surface area (Å²) in [6.07, 6.45) is -4.79. The van der Waals surface area contributed by atoms with Crippen molar-refractivity contribution in [1.82, 2.24) is 24.8 Å². The Morgan fingerprint density at radius 2 is 1.82 bits per heavy atom. The van der Waals surface area contributed by atoms with Gasteiger partial charge in [0.15, 0.2) is 11.5 Å². The van der Waals surface area contributed by atoms with Crippen molar-refractivity contribution in [2.75, 3.05) is 19.7 Å². The molecule has 0 aromatic heterocycles. The Morgan fingerprint density at radius 3 is 2.53 bits per heavy atom. The first-order chi connectivity index (χ1) is 18.0. The Hall–Kier alpha value is -3.72. The Labute approximate surface area is 216 Å². The zero-order valence-corrected chi connectivity index (χ0v) is 21.1. The van der Waals surface area contributed by atoms with E-state index in [0.29, 0.717) is 30.5 Å². The third kappa shape index (κ3) is 6.98. The van der Waals surface area contributed by atoms with Crippen LogP contribution in [0.15, 0.2) is 21.7 Å². The Kier molecular flexibility index (Phi) is 9.63. The van der Waals surface area contributed by atoms with E-state index in [1.807, 2.05) is 13.8 Å². The summed E-state index contributed by atoms with van der Waals surface area (Å²) >= 11 is 0. The van der Waals surface area contributed by atoms with Crippen molar-refractivity contribution in [1.29, 1.82) is 0 Å². The number of H-pyrrole nitrogens is 1. The topological polar surface area (TPSA) is 223 Å². The van der Waals surface area contributed by atoms with Gasteiger partial charge in [0.2, 0.25) is 5.91 Å². The third-order valence-corrected chi connectivity index (χ3v) is 6.06. The molecule has 1 aromatic rings. The maximum absolute atomic E-state index is 12.4. The van der Waals surface area contributed by atoms with Crippen LogP contribution in [0.2, 0.25) is 0 Å². The molecule has 3 rings (SSSR count). The van der Waals surface area contributed by atoms with Crippen LogP contribution in [0.5, 0.6) is 0 Å². The normalized spacial score (nSPS) is 13.8. The molecule has 3 unspecified atom stereocenters. The van der Waals surface area contributed by atoms with E-state index in [-0.39, 0.29) is 36.8 Å². The molecule has 0 saturated heterocycles. The monoisotopic (exact) mass is 532 g/mol. The summed E-state index contributed by atoms with van der Waals surface area (Å²) in [5.74, 6) is -1.22. The number of aliphatic hydroxyl groups is 3. The van der Waals surface area contributed by atoms with E-state index < -0.39 is 42.1 Å². The lowest BCUT2D eigenvalue weighted by atomic mass is 10.1. The average Bonchev–Trinajstić information content (AvgIpc) is 2.87. The van der Waals surface area contributed by atoms with E-state index in [9.17, 15) is 34.5 Å². The number of aliphatic hydroxyl groups excluding tert-OH is 3. The lowest BCUT2D eigenvalue weighted by Crippen LogP contribution is -2.43. The molecule has 1 aromatic carbocycles. The quantitative estimate of drug-likeness (QED) is 0.0856. The number of nitrogens with one attached hydrogen (secondary N) is 2. The maximum Gasteiger partial charge on any atom is 0.349 e. The number of rotatable bonds is 12. The van der Waals surface area contributed by atoms with Crippen LogP contribution >= 0.6 is 0 Å². The molecule has 2 aliphatic heterocycles. The average molecular weight is 533 g/mol. The second-order valence-electron chi connectivity index (χ2n) is 8.99. The predicted octanol–water partition coefficient (Wildman–Crippen LogP) is -1.93. The van der Waals surface area contributed by atoms with Crippen LogP contribution in [-0.2, 0) is 20.9 Å². The summed E-state index contributed by atoms with van der Waals surface area (Å²) < 4.78 is 6.30. The van der Waals surface area contributed by atoms with Crippen molar-refractivity contribution in [2.24, 2.45) is 5.73 Å². The van der Waals surface area contributed by atoms with E-state index in [0.717, 1.165) is 11.1 Å². The van der Waals surface area contributed by atoms with Gasteiger partial charge in [0.1, 0.15) is 24.9 Å². The van der Waals surface area contributed by atoms with Crippen molar-refractivity contribution in [3.63, 3.8) is 0 Å². The van der Waals surface area contributed by atoms with Gasteiger partial charge in [0.05, 0.1) is 24.0 Å². The second kappa shape index (κ2) is 12.7. The molecule has 14 nitrogen and oxygen atoms in total. The molecule has 0 fully saturated rings. The molecule has 0 radical (unpaired) electrons. The summed E-state index contributed by atoms with van der Waals surface area (Å²) in [5.41, 5.74) is 6.15. The van der Waals surface area contributed by atoms with E-state index in [4.69, 9.17) is 10.5 Å². The minimum Gasteiger partial charge on any atom is -0.463 e. The van der Waals surface area contributed by atoms with Crippen LogP contribution in [-0.4, -0.2) is 84.7 Å². The van der Waals surface area contributed by atoms with Gasteiger partial charge in [0, 0.05) is 13.0 Å². The lowest BCUT2D eigenvalue weighted by molar-refractivity contribution is -0.152.